The van der Waals surface area contributed by atoms with E-state index in [0.29, 0.717) is 5.25 Å². The average molecular weight is 197 g/mol. The summed E-state index contributed by atoms with van der Waals surface area (Å²) >= 11 is 1.71. The highest BCUT2D eigenvalue weighted by Gasteiger charge is 2.08. The van der Waals surface area contributed by atoms with Gasteiger partial charge in [0.15, 0.2) is 5.16 Å². The fourth-order valence-corrected chi connectivity index (χ4v) is 1.99. The molecule has 0 aromatic carbocycles. The van der Waals surface area contributed by atoms with Gasteiger partial charge in [-0.1, -0.05) is 18.7 Å². The third-order valence-corrected chi connectivity index (χ3v) is 3.08. The van der Waals surface area contributed by atoms with Crippen LogP contribution < -0.4 is 5.73 Å². The number of hydrogen-bond donors (Lipinski definition) is 1. The summed E-state index contributed by atoms with van der Waals surface area (Å²) in [7, 11) is 0. The minimum Gasteiger partial charge on any atom is -0.330 e. The van der Waals surface area contributed by atoms with Crippen molar-refractivity contribution in [3.05, 3.63) is 18.5 Å². The monoisotopic (exact) mass is 197 g/mol. The third kappa shape index (κ3) is 3.74. The molecule has 2 N–H and O–H groups in total. The largest absolute Gasteiger partial charge is 0.330 e. The average Bonchev–Trinajstić information content (AvgIpc) is 2.19. The molecule has 1 atom stereocenters. The number of hydrogen-bond acceptors (Lipinski definition) is 4. The van der Waals surface area contributed by atoms with Crippen LogP contribution in [0.4, 0.5) is 0 Å². The molecule has 4 heteroatoms. The summed E-state index contributed by atoms with van der Waals surface area (Å²) < 4.78 is 0. The van der Waals surface area contributed by atoms with E-state index in [4.69, 9.17) is 5.73 Å². The van der Waals surface area contributed by atoms with Crippen LogP contribution in [0.3, 0.4) is 0 Å². The Kier molecular flexibility index (Phi) is 4.78. The molecule has 0 aliphatic rings. The van der Waals surface area contributed by atoms with Gasteiger partial charge in [0.25, 0.3) is 0 Å². The second-order valence-corrected chi connectivity index (χ2v) is 4.02. The Morgan fingerprint density at radius 3 is 2.69 bits per heavy atom. The summed E-state index contributed by atoms with van der Waals surface area (Å²) in [5.41, 5.74) is 5.50. The maximum absolute atomic E-state index is 5.50. The molecule has 13 heavy (non-hydrogen) atoms. The Bertz CT molecular complexity index is 228. The van der Waals surface area contributed by atoms with Crippen molar-refractivity contribution in [3.8, 4) is 0 Å². The van der Waals surface area contributed by atoms with E-state index in [-0.39, 0.29) is 0 Å². The summed E-state index contributed by atoms with van der Waals surface area (Å²) in [6.07, 6.45) is 5.68. The van der Waals surface area contributed by atoms with E-state index in [9.17, 15) is 0 Å². The Morgan fingerprint density at radius 1 is 1.46 bits per heavy atom. The summed E-state index contributed by atoms with van der Waals surface area (Å²) in [5, 5.41) is 1.40. The molecular formula is C9H15N3S. The number of thioether (sulfide) groups is 1. The van der Waals surface area contributed by atoms with Crippen LogP contribution in [0, 0.1) is 0 Å². The molecule has 1 aromatic heterocycles. The lowest BCUT2D eigenvalue weighted by molar-refractivity contribution is 0.741. The molecule has 0 aliphatic heterocycles. The normalized spacial score (nSPS) is 12.8. The summed E-state index contributed by atoms with van der Waals surface area (Å²) in [4.78, 5) is 8.32. The standard InChI is InChI=1S/C9H15N3S/c1-2-8(4-5-10)13-9-11-6-3-7-12-9/h3,6-8H,2,4-5,10H2,1H3. The minimum absolute atomic E-state index is 0.549. The summed E-state index contributed by atoms with van der Waals surface area (Å²) in [5.74, 6) is 0. The first-order valence-corrected chi connectivity index (χ1v) is 5.38. The van der Waals surface area contributed by atoms with Gasteiger partial charge in [0, 0.05) is 17.6 Å². The molecule has 1 aromatic rings. The lowest BCUT2D eigenvalue weighted by Gasteiger charge is -2.10. The summed E-state index contributed by atoms with van der Waals surface area (Å²) in [6.45, 7) is 2.90. The van der Waals surface area contributed by atoms with Crippen molar-refractivity contribution < 1.29 is 0 Å². The van der Waals surface area contributed by atoms with Crippen LogP contribution >= 0.6 is 11.8 Å². The zero-order valence-corrected chi connectivity index (χ0v) is 8.63. The van der Waals surface area contributed by atoms with Crippen molar-refractivity contribution >= 4 is 11.8 Å². The molecular weight excluding hydrogens is 182 g/mol. The number of aromatic nitrogens is 2. The predicted molar refractivity (Wildman–Crippen MR) is 55.6 cm³/mol. The van der Waals surface area contributed by atoms with E-state index in [2.05, 4.69) is 16.9 Å². The lowest BCUT2D eigenvalue weighted by Crippen LogP contribution is -2.10. The van der Waals surface area contributed by atoms with E-state index in [1.54, 1.807) is 24.2 Å². The molecule has 0 fully saturated rings. The summed E-state index contributed by atoms with van der Waals surface area (Å²) in [6, 6.07) is 1.83. The highest BCUT2D eigenvalue weighted by atomic mass is 32.2. The van der Waals surface area contributed by atoms with Crippen molar-refractivity contribution in [3.63, 3.8) is 0 Å². The molecule has 0 saturated carbocycles. The maximum Gasteiger partial charge on any atom is 0.187 e. The molecule has 0 radical (unpaired) electrons. The third-order valence-electron chi connectivity index (χ3n) is 1.76. The van der Waals surface area contributed by atoms with Gasteiger partial charge in [-0.25, -0.2) is 9.97 Å². The van der Waals surface area contributed by atoms with Crippen LogP contribution in [0.2, 0.25) is 0 Å². The van der Waals surface area contributed by atoms with Crippen LogP contribution in [0.25, 0.3) is 0 Å². The maximum atomic E-state index is 5.50. The van der Waals surface area contributed by atoms with Crippen LogP contribution in [0.15, 0.2) is 23.6 Å². The second kappa shape index (κ2) is 5.94. The fraction of sp³-hybridized carbons (Fsp3) is 0.556. The van der Waals surface area contributed by atoms with Gasteiger partial charge in [0.1, 0.15) is 0 Å². The molecule has 72 valence electrons. The molecule has 0 saturated heterocycles. The van der Waals surface area contributed by atoms with Gasteiger partial charge in [0.05, 0.1) is 0 Å². The zero-order chi connectivity index (χ0) is 9.52. The molecule has 0 bridgehead atoms. The Labute approximate surface area is 83.2 Å². The second-order valence-electron chi connectivity index (χ2n) is 2.76. The number of rotatable bonds is 5. The van der Waals surface area contributed by atoms with E-state index in [1.165, 1.54) is 0 Å². The zero-order valence-electron chi connectivity index (χ0n) is 7.81. The van der Waals surface area contributed by atoms with Gasteiger partial charge in [-0.2, -0.15) is 0 Å². The fourth-order valence-electron chi connectivity index (χ4n) is 1.03. The van der Waals surface area contributed by atoms with Crippen LogP contribution in [-0.4, -0.2) is 21.8 Å². The molecule has 0 amide bonds. The number of nitrogens with two attached hydrogens (primary N) is 1. The SMILES string of the molecule is CCC(CCN)Sc1ncccn1. The van der Waals surface area contributed by atoms with E-state index >= 15 is 0 Å². The van der Waals surface area contributed by atoms with Crippen molar-refractivity contribution in [2.45, 2.75) is 30.2 Å². The number of nitrogens with zero attached hydrogens (tertiary/aromatic N) is 2. The Hall–Kier alpha value is -0.610. The highest BCUT2D eigenvalue weighted by molar-refractivity contribution is 7.99. The highest BCUT2D eigenvalue weighted by Crippen LogP contribution is 2.23. The van der Waals surface area contributed by atoms with Crippen LogP contribution in [0.1, 0.15) is 19.8 Å². The lowest BCUT2D eigenvalue weighted by atomic mass is 10.2. The minimum atomic E-state index is 0.549. The first-order chi connectivity index (χ1) is 6.36. The van der Waals surface area contributed by atoms with Crippen LogP contribution in [0.5, 0.6) is 0 Å². The molecule has 0 aliphatic carbocycles. The Morgan fingerprint density at radius 2 is 2.15 bits per heavy atom. The van der Waals surface area contributed by atoms with E-state index in [0.717, 1.165) is 24.5 Å². The van der Waals surface area contributed by atoms with Gasteiger partial charge >= 0.3 is 0 Å². The van der Waals surface area contributed by atoms with Crippen molar-refractivity contribution in [1.82, 2.24) is 9.97 Å². The predicted octanol–water partition coefficient (Wildman–Crippen LogP) is 1.70. The smallest absolute Gasteiger partial charge is 0.187 e. The molecule has 3 nitrogen and oxygen atoms in total. The molecule has 0 spiro atoms. The molecule has 1 unspecified atom stereocenters. The topological polar surface area (TPSA) is 51.8 Å². The van der Waals surface area contributed by atoms with Crippen LogP contribution in [-0.2, 0) is 0 Å². The Balaban J connectivity index is 2.46. The van der Waals surface area contributed by atoms with Gasteiger partial charge < -0.3 is 5.73 Å². The van der Waals surface area contributed by atoms with Gasteiger partial charge in [-0.3, -0.25) is 0 Å². The quantitative estimate of drug-likeness (QED) is 0.576. The first kappa shape index (κ1) is 10.5. The van der Waals surface area contributed by atoms with Crippen molar-refractivity contribution in [2.24, 2.45) is 5.73 Å². The van der Waals surface area contributed by atoms with Gasteiger partial charge in [-0.05, 0) is 25.5 Å². The molecule has 1 heterocycles. The van der Waals surface area contributed by atoms with Gasteiger partial charge in [0.2, 0.25) is 0 Å². The van der Waals surface area contributed by atoms with Crippen molar-refractivity contribution in [2.75, 3.05) is 6.54 Å². The molecule has 1 rings (SSSR count). The van der Waals surface area contributed by atoms with E-state index in [1.807, 2.05) is 6.07 Å². The first-order valence-electron chi connectivity index (χ1n) is 4.50. The van der Waals surface area contributed by atoms with Crippen molar-refractivity contribution in [1.29, 1.82) is 0 Å². The van der Waals surface area contributed by atoms with E-state index < -0.39 is 0 Å². The van der Waals surface area contributed by atoms with Gasteiger partial charge in [-0.15, -0.1) is 0 Å².